The molecule has 0 atom stereocenters. The predicted octanol–water partition coefficient (Wildman–Crippen LogP) is 3.34. The lowest BCUT2D eigenvalue weighted by Crippen LogP contribution is -2.30. The van der Waals surface area contributed by atoms with Gasteiger partial charge < -0.3 is 19.5 Å². The summed E-state index contributed by atoms with van der Waals surface area (Å²) in [6, 6.07) is 9.64. The van der Waals surface area contributed by atoms with Crippen molar-refractivity contribution in [3.8, 4) is 17.2 Å². The van der Waals surface area contributed by atoms with Gasteiger partial charge in [0.25, 0.3) is 5.91 Å². The second kappa shape index (κ2) is 9.27. The van der Waals surface area contributed by atoms with E-state index in [1.54, 1.807) is 14.2 Å². The van der Waals surface area contributed by atoms with Crippen LogP contribution >= 0.6 is 15.9 Å². The number of nitrogens with one attached hydrogen (secondary N) is 1. The van der Waals surface area contributed by atoms with Gasteiger partial charge in [-0.25, -0.2) is 4.39 Å². The first kappa shape index (κ1) is 19.1. The highest BCUT2D eigenvalue weighted by Gasteiger charge is 2.08. The van der Waals surface area contributed by atoms with Crippen LogP contribution in [0.4, 0.5) is 4.39 Å². The first-order valence-electron chi connectivity index (χ1n) is 7.59. The van der Waals surface area contributed by atoms with Gasteiger partial charge in [0, 0.05) is 6.54 Å². The Bertz CT molecular complexity index is 739. The number of halogens is 2. The van der Waals surface area contributed by atoms with Crippen molar-refractivity contribution in [3.63, 3.8) is 0 Å². The Balaban J connectivity index is 1.78. The molecule has 1 N–H and O–H groups in total. The average Bonchev–Trinajstić information content (AvgIpc) is 2.60. The van der Waals surface area contributed by atoms with E-state index in [0.29, 0.717) is 34.7 Å². The second-order valence-corrected chi connectivity index (χ2v) is 6.01. The summed E-state index contributed by atoms with van der Waals surface area (Å²) in [5, 5.41) is 2.77. The molecule has 1 amide bonds. The number of ether oxygens (including phenoxy) is 3. The summed E-state index contributed by atoms with van der Waals surface area (Å²) in [7, 11) is 3.16. The van der Waals surface area contributed by atoms with Crippen molar-refractivity contribution >= 4 is 21.8 Å². The normalized spacial score (nSPS) is 10.2. The Kier molecular flexibility index (Phi) is 7.06. The van der Waals surface area contributed by atoms with E-state index in [-0.39, 0.29) is 18.3 Å². The molecular formula is C18H19BrFNO4. The van der Waals surface area contributed by atoms with Gasteiger partial charge in [-0.05, 0) is 58.2 Å². The molecule has 0 aromatic heterocycles. The fourth-order valence-corrected chi connectivity index (χ4v) is 2.63. The van der Waals surface area contributed by atoms with Gasteiger partial charge in [0.15, 0.2) is 18.1 Å². The summed E-state index contributed by atoms with van der Waals surface area (Å²) in [4.78, 5) is 11.8. The van der Waals surface area contributed by atoms with E-state index >= 15 is 0 Å². The van der Waals surface area contributed by atoms with E-state index < -0.39 is 0 Å². The van der Waals surface area contributed by atoms with E-state index in [2.05, 4.69) is 21.2 Å². The first-order chi connectivity index (χ1) is 12.0. The second-order valence-electron chi connectivity index (χ2n) is 5.15. The van der Waals surface area contributed by atoms with Gasteiger partial charge in [-0.15, -0.1) is 0 Å². The maximum Gasteiger partial charge on any atom is 0.257 e. The molecule has 2 aromatic rings. The molecule has 0 aliphatic carbocycles. The van der Waals surface area contributed by atoms with E-state index in [1.807, 2.05) is 18.2 Å². The molecule has 0 aliphatic rings. The van der Waals surface area contributed by atoms with Gasteiger partial charge in [-0.2, -0.15) is 0 Å². The number of carbonyl (C=O) groups is 1. The summed E-state index contributed by atoms with van der Waals surface area (Å²) in [6.45, 7) is 0.318. The molecule has 0 saturated carbocycles. The number of carbonyl (C=O) groups excluding carboxylic acids is 1. The third kappa shape index (κ3) is 5.63. The summed E-state index contributed by atoms with van der Waals surface area (Å²) >= 11 is 3.19. The fourth-order valence-electron chi connectivity index (χ4n) is 2.17. The van der Waals surface area contributed by atoms with Gasteiger partial charge in [0.05, 0.1) is 18.7 Å². The molecule has 2 rings (SSSR count). The van der Waals surface area contributed by atoms with E-state index in [9.17, 15) is 9.18 Å². The summed E-state index contributed by atoms with van der Waals surface area (Å²) in [5.41, 5.74) is 1.01. The monoisotopic (exact) mass is 411 g/mol. The predicted molar refractivity (Wildman–Crippen MR) is 95.9 cm³/mol. The molecule has 0 unspecified atom stereocenters. The lowest BCUT2D eigenvalue weighted by atomic mass is 10.1. The number of benzene rings is 2. The van der Waals surface area contributed by atoms with Gasteiger partial charge >= 0.3 is 0 Å². The molecule has 5 nitrogen and oxygen atoms in total. The van der Waals surface area contributed by atoms with Crippen molar-refractivity contribution < 1.29 is 23.4 Å². The highest BCUT2D eigenvalue weighted by molar-refractivity contribution is 9.10. The molecule has 134 valence electrons. The van der Waals surface area contributed by atoms with Crippen LogP contribution in [0.2, 0.25) is 0 Å². The minimum atomic E-state index is -0.376. The molecule has 25 heavy (non-hydrogen) atoms. The standard InChI is InChI=1S/C18H19BrFNO4/c1-23-16-5-3-12(9-17(16)24-2)7-8-21-18(22)11-25-15-6-4-13(20)10-14(15)19/h3-6,9-10H,7-8,11H2,1-2H3,(H,21,22). The lowest BCUT2D eigenvalue weighted by Gasteiger charge is -2.11. The summed E-state index contributed by atoms with van der Waals surface area (Å²) in [5.74, 6) is 1.09. The average molecular weight is 412 g/mol. The minimum absolute atomic E-state index is 0.143. The quantitative estimate of drug-likeness (QED) is 0.723. The van der Waals surface area contributed by atoms with Gasteiger partial charge in [-0.1, -0.05) is 6.07 Å². The van der Waals surface area contributed by atoms with Crippen LogP contribution in [-0.2, 0) is 11.2 Å². The zero-order valence-electron chi connectivity index (χ0n) is 14.0. The fraction of sp³-hybridized carbons (Fsp3) is 0.278. The van der Waals surface area contributed by atoms with Crippen LogP contribution in [0.25, 0.3) is 0 Å². The van der Waals surface area contributed by atoms with Gasteiger partial charge in [0.2, 0.25) is 0 Å². The van der Waals surface area contributed by atoms with Crippen molar-refractivity contribution in [3.05, 3.63) is 52.3 Å². The molecule has 0 fully saturated rings. The number of methoxy groups -OCH3 is 2. The molecule has 0 saturated heterocycles. The Morgan fingerprint density at radius 2 is 1.80 bits per heavy atom. The van der Waals surface area contributed by atoms with Crippen LogP contribution in [-0.4, -0.2) is 33.3 Å². The minimum Gasteiger partial charge on any atom is -0.493 e. The number of amides is 1. The lowest BCUT2D eigenvalue weighted by molar-refractivity contribution is -0.123. The Labute approximate surface area is 154 Å². The van der Waals surface area contributed by atoms with Crippen LogP contribution in [0, 0.1) is 5.82 Å². The zero-order chi connectivity index (χ0) is 18.2. The van der Waals surface area contributed by atoms with E-state index in [0.717, 1.165) is 5.56 Å². The maximum atomic E-state index is 13.0. The first-order valence-corrected chi connectivity index (χ1v) is 8.38. The smallest absolute Gasteiger partial charge is 0.257 e. The Hall–Kier alpha value is -2.28. The molecule has 0 aliphatic heterocycles. The summed E-state index contributed by atoms with van der Waals surface area (Å²) < 4.78 is 29.3. The molecule has 7 heteroatoms. The van der Waals surface area contributed by atoms with E-state index in [1.165, 1.54) is 18.2 Å². The largest absolute Gasteiger partial charge is 0.493 e. The van der Waals surface area contributed by atoms with Crippen molar-refractivity contribution in [1.29, 1.82) is 0 Å². The highest BCUT2D eigenvalue weighted by Crippen LogP contribution is 2.27. The number of hydrogen-bond donors (Lipinski definition) is 1. The van der Waals surface area contributed by atoms with E-state index in [4.69, 9.17) is 14.2 Å². The van der Waals surface area contributed by atoms with Crippen LogP contribution < -0.4 is 19.5 Å². The zero-order valence-corrected chi connectivity index (χ0v) is 15.6. The summed E-state index contributed by atoms with van der Waals surface area (Å²) in [6.07, 6.45) is 0.645. The molecular weight excluding hydrogens is 393 g/mol. The molecule has 0 radical (unpaired) electrons. The molecule has 0 spiro atoms. The third-order valence-electron chi connectivity index (χ3n) is 3.44. The van der Waals surface area contributed by atoms with Crippen molar-refractivity contribution in [2.45, 2.75) is 6.42 Å². The maximum absolute atomic E-state index is 13.0. The molecule has 0 heterocycles. The van der Waals surface area contributed by atoms with Crippen molar-refractivity contribution in [2.75, 3.05) is 27.4 Å². The SMILES string of the molecule is COc1ccc(CCNC(=O)COc2ccc(F)cc2Br)cc1OC. The number of rotatable bonds is 8. The Morgan fingerprint density at radius 1 is 1.08 bits per heavy atom. The highest BCUT2D eigenvalue weighted by atomic mass is 79.9. The van der Waals surface area contributed by atoms with Crippen LogP contribution in [0.5, 0.6) is 17.2 Å². The van der Waals surface area contributed by atoms with Crippen molar-refractivity contribution in [1.82, 2.24) is 5.32 Å². The van der Waals surface area contributed by atoms with Crippen LogP contribution in [0.3, 0.4) is 0 Å². The van der Waals surface area contributed by atoms with Gasteiger partial charge in [-0.3, -0.25) is 4.79 Å². The third-order valence-corrected chi connectivity index (χ3v) is 4.06. The van der Waals surface area contributed by atoms with Crippen LogP contribution in [0.1, 0.15) is 5.56 Å². The Morgan fingerprint density at radius 3 is 2.48 bits per heavy atom. The van der Waals surface area contributed by atoms with Crippen LogP contribution in [0.15, 0.2) is 40.9 Å². The topological polar surface area (TPSA) is 56.8 Å². The molecule has 2 aromatic carbocycles. The van der Waals surface area contributed by atoms with Gasteiger partial charge in [0.1, 0.15) is 11.6 Å². The number of hydrogen-bond acceptors (Lipinski definition) is 4. The van der Waals surface area contributed by atoms with Crippen molar-refractivity contribution in [2.24, 2.45) is 0 Å². The molecule has 0 bridgehead atoms.